The van der Waals surface area contributed by atoms with Crippen LogP contribution in [0.25, 0.3) is 0 Å². The van der Waals surface area contributed by atoms with Gasteiger partial charge in [-0.25, -0.2) is 13.6 Å². The number of carbonyl (C=O) groups is 1. The minimum atomic E-state index is -3.75. The van der Waals surface area contributed by atoms with E-state index in [2.05, 4.69) is 0 Å². The average molecular weight is 298 g/mol. The number of sulfonamides is 1. The average Bonchev–Trinajstić information content (AvgIpc) is 2.46. The number of nitrogens with zero attached hydrogens (tertiary/aromatic N) is 1. The molecular weight excluding hydrogens is 284 g/mol. The highest BCUT2D eigenvalue weighted by Crippen LogP contribution is 2.19. The van der Waals surface area contributed by atoms with Gasteiger partial charge in [-0.05, 0) is 24.3 Å². The fraction of sp³-hybridized carbons (Fsp3) is 0.250. The number of hydrogen-bond acceptors (Lipinski definition) is 5. The van der Waals surface area contributed by atoms with Crippen molar-refractivity contribution in [2.75, 3.05) is 25.2 Å². The van der Waals surface area contributed by atoms with Gasteiger partial charge in [0.25, 0.3) is 5.91 Å². The maximum atomic E-state index is 12.1. The molecular formula is C12H14N2O5S. The van der Waals surface area contributed by atoms with Gasteiger partial charge >= 0.3 is 0 Å². The molecule has 0 atom stereocenters. The summed E-state index contributed by atoms with van der Waals surface area (Å²) in [7, 11) is -2.20. The van der Waals surface area contributed by atoms with E-state index >= 15 is 0 Å². The number of hydrogen-bond donors (Lipinski definition) is 1. The SMILES string of the molecule is CN(C(=O)C1=COCCO1)c1ccc(S(N)(=O)=O)cc1. The first-order valence-electron chi connectivity index (χ1n) is 5.75. The molecule has 1 aliphatic rings. The van der Waals surface area contributed by atoms with Crippen LogP contribution in [0, 0.1) is 0 Å². The minimum absolute atomic E-state index is 0.0152. The monoisotopic (exact) mass is 298 g/mol. The lowest BCUT2D eigenvalue weighted by Crippen LogP contribution is -2.30. The summed E-state index contributed by atoms with van der Waals surface area (Å²) >= 11 is 0. The van der Waals surface area contributed by atoms with Crippen LogP contribution in [0.2, 0.25) is 0 Å². The predicted molar refractivity (Wildman–Crippen MR) is 71.2 cm³/mol. The fourth-order valence-electron chi connectivity index (χ4n) is 1.62. The zero-order valence-electron chi connectivity index (χ0n) is 10.8. The number of rotatable bonds is 3. The van der Waals surface area contributed by atoms with E-state index in [0.717, 1.165) is 0 Å². The van der Waals surface area contributed by atoms with E-state index in [1.807, 2.05) is 0 Å². The highest BCUT2D eigenvalue weighted by Gasteiger charge is 2.20. The van der Waals surface area contributed by atoms with Crippen molar-refractivity contribution in [1.82, 2.24) is 0 Å². The smallest absolute Gasteiger partial charge is 0.296 e. The molecule has 1 aromatic carbocycles. The van der Waals surface area contributed by atoms with Gasteiger partial charge in [0.2, 0.25) is 15.8 Å². The van der Waals surface area contributed by atoms with Crippen molar-refractivity contribution in [2.45, 2.75) is 4.90 Å². The number of anilines is 1. The van der Waals surface area contributed by atoms with Gasteiger partial charge in [-0.15, -0.1) is 0 Å². The number of benzene rings is 1. The highest BCUT2D eigenvalue weighted by molar-refractivity contribution is 7.89. The van der Waals surface area contributed by atoms with Crippen LogP contribution in [-0.2, 0) is 24.3 Å². The van der Waals surface area contributed by atoms with Crippen molar-refractivity contribution in [3.05, 3.63) is 36.3 Å². The van der Waals surface area contributed by atoms with Gasteiger partial charge in [0.05, 0.1) is 4.90 Å². The second kappa shape index (κ2) is 5.51. The Morgan fingerprint density at radius 1 is 1.25 bits per heavy atom. The van der Waals surface area contributed by atoms with Gasteiger partial charge in [-0.1, -0.05) is 0 Å². The summed E-state index contributed by atoms with van der Waals surface area (Å²) in [5.41, 5.74) is 0.512. The second-order valence-electron chi connectivity index (χ2n) is 4.10. The number of nitrogens with two attached hydrogens (primary N) is 1. The molecule has 2 rings (SSSR count). The summed E-state index contributed by atoms with van der Waals surface area (Å²) < 4.78 is 32.5. The van der Waals surface area contributed by atoms with Gasteiger partial charge in [0.15, 0.2) is 0 Å². The molecule has 1 aliphatic heterocycles. The van der Waals surface area contributed by atoms with Crippen LogP contribution >= 0.6 is 0 Å². The van der Waals surface area contributed by atoms with Crippen LogP contribution in [0.1, 0.15) is 0 Å². The van der Waals surface area contributed by atoms with Crippen molar-refractivity contribution in [3.8, 4) is 0 Å². The summed E-state index contributed by atoms with van der Waals surface area (Å²) in [6.07, 6.45) is 1.26. The van der Waals surface area contributed by atoms with Crippen LogP contribution in [0.4, 0.5) is 5.69 Å². The van der Waals surface area contributed by atoms with Gasteiger partial charge in [0.1, 0.15) is 19.5 Å². The molecule has 0 spiro atoms. The van der Waals surface area contributed by atoms with Crippen molar-refractivity contribution >= 4 is 21.6 Å². The largest absolute Gasteiger partial charge is 0.494 e. The molecule has 0 bridgehead atoms. The van der Waals surface area contributed by atoms with Crippen LogP contribution in [-0.4, -0.2) is 34.6 Å². The summed E-state index contributed by atoms with van der Waals surface area (Å²) in [4.78, 5) is 13.4. The van der Waals surface area contributed by atoms with E-state index in [-0.39, 0.29) is 16.6 Å². The Labute approximate surface area is 116 Å². The number of ether oxygens (including phenoxy) is 2. The number of primary sulfonamides is 1. The fourth-order valence-corrected chi connectivity index (χ4v) is 2.14. The first-order valence-corrected chi connectivity index (χ1v) is 7.30. The maximum Gasteiger partial charge on any atom is 0.296 e. The third-order valence-corrected chi connectivity index (χ3v) is 3.65. The Balaban J connectivity index is 2.19. The first kappa shape index (κ1) is 14.4. The van der Waals surface area contributed by atoms with Gasteiger partial charge in [0, 0.05) is 12.7 Å². The molecule has 0 saturated carbocycles. The topological polar surface area (TPSA) is 98.9 Å². The molecule has 8 heteroatoms. The molecule has 20 heavy (non-hydrogen) atoms. The molecule has 0 fully saturated rings. The van der Waals surface area contributed by atoms with Crippen LogP contribution in [0.15, 0.2) is 41.2 Å². The summed E-state index contributed by atoms with van der Waals surface area (Å²) in [6.45, 7) is 0.722. The van der Waals surface area contributed by atoms with E-state index in [1.165, 1.54) is 35.4 Å². The van der Waals surface area contributed by atoms with Crippen molar-refractivity contribution in [1.29, 1.82) is 0 Å². The van der Waals surface area contributed by atoms with Crippen molar-refractivity contribution in [3.63, 3.8) is 0 Å². The molecule has 7 nitrogen and oxygen atoms in total. The number of likely N-dealkylation sites (N-methyl/N-ethyl adjacent to an activating group) is 1. The van der Waals surface area contributed by atoms with Crippen LogP contribution in [0.3, 0.4) is 0 Å². The van der Waals surface area contributed by atoms with Gasteiger partial charge in [-0.3, -0.25) is 4.79 Å². The Bertz CT molecular complexity index is 636. The number of carbonyl (C=O) groups excluding carboxylic acids is 1. The van der Waals surface area contributed by atoms with E-state index < -0.39 is 10.0 Å². The third kappa shape index (κ3) is 3.09. The molecule has 108 valence electrons. The molecule has 1 heterocycles. The maximum absolute atomic E-state index is 12.1. The first-order chi connectivity index (χ1) is 9.39. The van der Waals surface area contributed by atoms with Crippen LogP contribution < -0.4 is 10.0 Å². The molecule has 0 aromatic heterocycles. The molecule has 0 aliphatic carbocycles. The van der Waals surface area contributed by atoms with Gasteiger partial charge in [-0.2, -0.15) is 0 Å². The van der Waals surface area contributed by atoms with E-state index in [4.69, 9.17) is 14.6 Å². The summed E-state index contributed by atoms with van der Waals surface area (Å²) in [6, 6.07) is 5.64. The van der Waals surface area contributed by atoms with Crippen molar-refractivity contribution in [2.24, 2.45) is 5.14 Å². The lowest BCUT2D eigenvalue weighted by atomic mass is 10.3. The Morgan fingerprint density at radius 3 is 2.40 bits per heavy atom. The zero-order chi connectivity index (χ0) is 14.8. The number of amides is 1. The Morgan fingerprint density at radius 2 is 1.90 bits per heavy atom. The summed E-state index contributed by atoms with van der Waals surface area (Å²) in [5, 5.41) is 5.01. The third-order valence-electron chi connectivity index (χ3n) is 2.72. The van der Waals surface area contributed by atoms with E-state index in [0.29, 0.717) is 18.9 Å². The normalized spacial score (nSPS) is 14.8. The molecule has 0 saturated heterocycles. The zero-order valence-corrected chi connectivity index (χ0v) is 11.6. The van der Waals surface area contributed by atoms with Crippen molar-refractivity contribution < 1.29 is 22.7 Å². The van der Waals surface area contributed by atoms with Gasteiger partial charge < -0.3 is 14.4 Å². The lowest BCUT2D eigenvalue weighted by molar-refractivity contribution is -0.119. The standard InChI is InChI=1S/C12H14N2O5S/c1-14(12(15)11-8-18-6-7-19-11)9-2-4-10(5-3-9)20(13,16)17/h2-5,8H,6-7H2,1H3,(H2,13,16,17). The summed E-state index contributed by atoms with van der Waals surface area (Å²) in [5.74, 6) is -0.276. The predicted octanol–water partition coefficient (Wildman–Crippen LogP) is 0.185. The van der Waals surface area contributed by atoms with E-state index in [1.54, 1.807) is 7.05 Å². The highest BCUT2D eigenvalue weighted by atomic mass is 32.2. The molecule has 0 radical (unpaired) electrons. The molecule has 0 unspecified atom stereocenters. The minimum Gasteiger partial charge on any atom is -0.494 e. The lowest BCUT2D eigenvalue weighted by Gasteiger charge is -2.21. The Hall–Kier alpha value is -2.06. The van der Waals surface area contributed by atoms with Crippen LogP contribution in [0.5, 0.6) is 0 Å². The Kier molecular flexibility index (Phi) is 3.96. The second-order valence-corrected chi connectivity index (χ2v) is 5.67. The molecule has 1 amide bonds. The quantitative estimate of drug-likeness (QED) is 0.858. The van der Waals surface area contributed by atoms with E-state index in [9.17, 15) is 13.2 Å². The molecule has 1 aromatic rings. The molecule has 2 N–H and O–H groups in total.